The van der Waals surface area contributed by atoms with Gasteiger partial charge in [-0.25, -0.2) is 0 Å². The molecule has 0 spiro atoms. The highest BCUT2D eigenvalue weighted by Crippen LogP contribution is 2.42. The van der Waals surface area contributed by atoms with Crippen LogP contribution in [0.5, 0.6) is 0 Å². The average Bonchev–Trinajstić information content (AvgIpc) is 2.78. The number of hydrogen-bond donors (Lipinski definition) is 0. The van der Waals surface area contributed by atoms with Crippen LogP contribution in [0.15, 0.2) is 65.3 Å². The summed E-state index contributed by atoms with van der Waals surface area (Å²) in [6, 6.07) is 6.88. The first-order chi connectivity index (χ1) is 15.2. The summed E-state index contributed by atoms with van der Waals surface area (Å²) in [4.78, 5) is 4.82. The van der Waals surface area contributed by atoms with Gasteiger partial charge in [-0.15, -0.1) is 0 Å². The molecule has 1 nitrogen and oxygen atoms in total. The lowest BCUT2D eigenvalue weighted by Crippen LogP contribution is -2.20. The lowest BCUT2D eigenvalue weighted by Gasteiger charge is -2.33. The van der Waals surface area contributed by atoms with Crippen molar-refractivity contribution in [1.82, 2.24) is 0 Å². The van der Waals surface area contributed by atoms with E-state index < -0.39 is 0 Å². The molecule has 0 saturated carbocycles. The van der Waals surface area contributed by atoms with Crippen molar-refractivity contribution in [3.63, 3.8) is 0 Å². The number of allylic oxidation sites excluding steroid dienone is 4. The van der Waals surface area contributed by atoms with Crippen LogP contribution in [-0.2, 0) is 12.8 Å². The highest BCUT2D eigenvalue weighted by Gasteiger charge is 2.28. The van der Waals surface area contributed by atoms with Gasteiger partial charge in [0.1, 0.15) is 0 Å². The van der Waals surface area contributed by atoms with E-state index in [0.29, 0.717) is 0 Å². The third kappa shape index (κ3) is 7.47. The molecule has 0 heterocycles. The van der Waals surface area contributed by atoms with Gasteiger partial charge >= 0.3 is 0 Å². The second-order valence-electron chi connectivity index (χ2n) is 9.31. The first-order valence-electron chi connectivity index (χ1n) is 12.6. The molecule has 0 amide bonds. The minimum atomic E-state index is 0.0633. The Morgan fingerprint density at radius 1 is 0.906 bits per heavy atom. The molecule has 0 radical (unpaired) electrons. The van der Waals surface area contributed by atoms with E-state index >= 15 is 0 Å². The van der Waals surface area contributed by atoms with Crippen molar-refractivity contribution in [2.45, 2.75) is 100 Å². The van der Waals surface area contributed by atoms with Crippen molar-refractivity contribution < 1.29 is 0 Å². The maximum Gasteiger partial charge on any atom is 0.0632 e. The van der Waals surface area contributed by atoms with Crippen molar-refractivity contribution >= 4 is 11.3 Å². The van der Waals surface area contributed by atoms with Gasteiger partial charge in [-0.1, -0.05) is 97.9 Å². The number of benzene rings is 1. The summed E-state index contributed by atoms with van der Waals surface area (Å²) in [5.41, 5.74) is 9.67. The van der Waals surface area contributed by atoms with Crippen LogP contribution in [0.3, 0.4) is 0 Å². The number of rotatable bonds is 13. The van der Waals surface area contributed by atoms with Gasteiger partial charge in [-0.2, -0.15) is 0 Å². The summed E-state index contributed by atoms with van der Waals surface area (Å²) in [5.74, 6) is 0. The molecule has 1 aromatic carbocycles. The molecule has 0 saturated heterocycles. The molecule has 0 aromatic heterocycles. The molecule has 0 atom stereocenters. The fourth-order valence-corrected chi connectivity index (χ4v) is 4.45. The van der Waals surface area contributed by atoms with Gasteiger partial charge < -0.3 is 0 Å². The summed E-state index contributed by atoms with van der Waals surface area (Å²) in [6.45, 7) is 26.7. The van der Waals surface area contributed by atoms with E-state index in [0.717, 1.165) is 61.9 Å². The molecule has 1 heteroatoms. The van der Waals surface area contributed by atoms with E-state index in [1.165, 1.54) is 27.8 Å². The summed E-state index contributed by atoms with van der Waals surface area (Å²) >= 11 is 0. The van der Waals surface area contributed by atoms with Crippen LogP contribution in [0.25, 0.3) is 5.57 Å². The molecule has 0 aliphatic carbocycles. The number of nitrogens with zero attached hydrogens (tertiary/aromatic N) is 1. The van der Waals surface area contributed by atoms with E-state index in [1.54, 1.807) is 0 Å². The molecule has 32 heavy (non-hydrogen) atoms. The van der Waals surface area contributed by atoms with E-state index in [2.05, 4.69) is 98.9 Å². The zero-order valence-corrected chi connectivity index (χ0v) is 22.2. The summed E-state index contributed by atoms with van der Waals surface area (Å²) in [6.07, 6.45) is 12.0. The molecule has 0 aliphatic rings. The van der Waals surface area contributed by atoms with Gasteiger partial charge in [-0.05, 0) is 79.2 Å². The predicted octanol–water partition coefficient (Wildman–Crippen LogP) is 9.69. The first-order valence-corrected chi connectivity index (χ1v) is 12.6. The van der Waals surface area contributed by atoms with Gasteiger partial charge in [0.15, 0.2) is 0 Å². The van der Waals surface area contributed by atoms with Crippen molar-refractivity contribution in [3.8, 4) is 0 Å². The second-order valence-corrected chi connectivity index (χ2v) is 9.31. The smallest absolute Gasteiger partial charge is 0.0632 e. The van der Waals surface area contributed by atoms with E-state index in [4.69, 9.17) is 4.99 Å². The lowest BCUT2D eigenvalue weighted by atomic mass is 9.72. The van der Waals surface area contributed by atoms with E-state index in [9.17, 15) is 0 Å². The van der Waals surface area contributed by atoms with Gasteiger partial charge in [0.25, 0.3) is 0 Å². The summed E-state index contributed by atoms with van der Waals surface area (Å²) in [7, 11) is 0. The standard InChI is InChI=1S/C31H47N/c1-11-20-31(10,21-12-2)25(8)30(26(9)32-24(7)13-3)19-16-23(6)29-18-17-27(14-4)28(15-5)22-29/h16-19,22H,8-9,11-15,20-21H2,1-7,10H3/b23-16+,30-19-,32-24?. The molecule has 0 aliphatic heterocycles. The van der Waals surface area contributed by atoms with Gasteiger partial charge in [0.05, 0.1) is 5.70 Å². The molecule has 176 valence electrons. The Labute approximate surface area is 199 Å². The highest BCUT2D eigenvalue weighted by atomic mass is 14.8. The van der Waals surface area contributed by atoms with Crippen LogP contribution in [0.2, 0.25) is 0 Å². The highest BCUT2D eigenvalue weighted by molar-refractivity contribution is 5.83. The molecular formula is C31H47N. The Kier molecular flexibility index (Phi) is 11.7. The third-order valence-corrected chi connectivity index (χ3v) is 6.73. The average molecular weight is 434 g/mol. The Hall–Kier alpha value is -2.15. The first kappa shape index (κ1) is 27.9. The Morgan fingerprint density at radius 3 is 2.00 bits per heavy atom. The topological polar surface area (TPSA) is 12.4 Å². The summed E-state index contributed by atoms with van der Waals surface area (Å²) in [5, 5.41) is 0. The van der Waals surface area contributed by atoms with Crippen LogP contribution >= 0.6 is 0 Å². The maximum atomic E-state index is 4.82. The molecule has 0 unspecified atom stereocenters. The third-order valence-electron chi connectivity index (χ3n) is 6.73. The fourth-order valence-electron chi connectivity index (χ4n) is 4.45. The van der Waals surface area contributed by atoms with Crippen molar-refractivity contribution in [2.24, 2.45) is 10.4 Å². The normalized spacial score (nSPS) is 13.4. The molecular weight excluding hydrogens is 386 g/mol. The molecule has 1 rings (SSSR count). The Bertz CT molecular complexity index is 870. The van der Waals surface area contributed by atoms with Gasteiger partial charge in [0.2, 0.25) is 0 Å². The molecule has 1 aromatic rings. The molecule has 0 bridgehead atoms. The predicted molar refractivity (Wildman–Crippen MR) is 147 cm³/mol. The van der Waals surface area contributed by atoms with Crippen molar-refractivity contribution in [3.05, 3.63) is 77.0 Å². The quantitative estimate of drug-likeness (QED) is 0.217. The van der Waals surface area contributed by atoms with E-state index in [-0.39, 0.29) is 5.41 Å². The fraction of sp³-hybridized carbons (Fsp3) is 0.516. The second kappa shape index (κ2) is 13.4. The van der Waals surface area contributed by atoms with Crippen LogP contribution in [0.1, 0.15) is 104 Å². The van der Waals surface area contributed by atoms with Crippen LogP contribution < -0.4 is 0 Å². The largest absolute Gasteiger partial charge is 0.258 e. The van der Waals surface area contributed by atoms with Crippen molar-refractivity contribution in [2.75, 3.05) is 0 Å². The van der Waals surface area contributed by atoms with Crippen LogP contribution in [0.4, 0.5) is 0 Å². The van der Waals surface area contributed by atoms with Crippen LogP contribution in [-0.4, -0.2) is 5.71 Å². The maximum absolute atomic E-state index is 4.82. The SMILES string of the molecule is C=C(N=C(C)CC)/C(=C\C=C(/C)c1ccc(CC)c(CC)c1)C(=C)C(C)(CCC)CCC. The van der Waals surface area contributed by atoms with Gasteiger partial charge in [-0.3, -0.25) is 4.99 Å². The zero-order chi connectivity index (χ0) is 24.3. The minimum Gasteiger partial charge on any atom is -0.258 e. The summed E-state index contributed by atoms with van der Waals surface area (Å²) < 4.78 is 0. The Balaban J connectivity index is 3.50. The van der Waals surface area contributed by atoms with Gasteiger partial charge in [0, 0.05) is 11.3 Å². The molecule has 0 fully saturated rings. The van der Waals surface area contributed by atoms with E-state index in [1.807, 2.05) is 0 Å². The monoisotopic (exact) mass is 433 g/mol. The molecule has 0 N–H and O–H groups in total. The minimum absolute atomic E-state index is 0.0633. The van der Waals surface area contributed by atoms with Crippen LogP contribution in [0, 0.1) is 5.41 Å². The zero-order valence-electron chi connectivity index (χ0n) is 22.2. The number of aryl methyl sites for hydroxylation is 2. The number of aliphatic imine (C=N–C) groups is 1. The number of hydrogen-bond acceptors (Lipinski definition) is 1. The Morgan fingerprint density at radius 2 is 1.50 bits per heavy atom. The lowest BCUT2D eigenvalue weighted by molar-refractivity contribution is 0.334. The van der Waals surface area contributed by atoms with Crippen molar-refractivity contribution in [1.29, 1.82) is 0 Å².